The summed E-state index contributed by atoms with van der Waals surface area (Å²) in [6, 6.07) is 1.83. The van der Waals surface area contributed by atoms with E-state index in [2.05, 4.69) is 5.10 Å². The molecular formula is C16H22ClN3O. The number of hydrogen-bond acceptors (Lipinski definition) is 2. The summed E-state index contributed by atoms with van der Waals surface area (Å²) in [5.74, 6) is -0.0116. The van der Waals surface area contributed by atoms with Crippen LogP contribution >= 0.6 is 11.6 Å². The van der Waals surface area contributed by atoms with Crippen LogP contribution in [-0.2, 0) is 11.5 Å². The Morgan fingerprint density at radius 2 is 2.14 bits per heavy atom. The van der Waals surface area contributed by atoms with E-state index in [4.69, 9.17) is 11.6 Å². The number of amides is 1. The summed E-state index contributed by atoms with van der Waals surface area (Å²) in [6.07, 6.45) is 5.88. The van der Waals surface area contributed by atoms with Gasteiger partial charge >= 0.3 is 0 Å². The first-order chi connectivity index (χ1) is 9.72. The highest BCUT2D eigenvalue weighted by atomic mass is 35.5. The Kier molecular flexibility index (Phi) is 4.28. The standard InChI is InChI=1S/C16H22ClN3O/c1-11-7-6-8-16(5,17)15(11)19(14(4)21)10-20-13(3)9-12(2)18-20/h6-9,15H,10H2,1-5H3. The maximum atomic E-state index is 12.2. The first-order valence-electron chi connectivity index (χ1n) is 7.05. The van der Waals surface area contributed by atoms with Crippen LogP contribution in [0, 0.1) is 13.8 Å². The van der Waals surface area contributed by atoms with Crippen molar-refractivity contribution in [3.05, 3.63) is 41.3 Å². The van der Waals surface area contributed by atoms with Gasteiger partial charge in [0.1, 0.15) is 6.67 Å². The molecule has 0 fully saturated rings. The van der Waals surface area contributed by atoms with E-state index in [1.807, 2.05) is 56.7 Å². The molecule has 0 N–H and O–H groups in total. The van der Waals surface area contributed by atoms with E-state index in [1.54, 1.807) is 11.8 Å². The van der Waals surface area contributed by atoms with Gasteiger partial charge in [0.05, 0.1) is 16.6 Å². The van der Waals surface area contributed by atoms with Gasteiger partial charge in [-0.1, -0.05) is 18.2 Å². The minimum Gasteiger partial charge on any atom is -0.314 e. The number of carbonyl (C=O) groups excluding carboxylic acids is 1. The highest BCUT2D eigenvalue weighted by molar-refractivity contribution is 6.26. The third-order valence-electron chi connectivity index (χ3n) is 3.85. The fraction of sp³-hybridized carbons (Fsp3) is 0.500. The molecule has 0 aromatic carbocycles. The number of carbonyl (C=O) groups is 1. The zero-order chi connectivity index (χ0) is 15.8. The Morgan fingerprint density at radius 3 is 2.62 bits per heavy atom. The number of aromatic nitrogens is 2. The summed E-state index contributed by atoms with van der Waals surface area (Å²) < 4.78 is 1.84. The van der Waals surface area contributed by atoms with Crippen molar-refractivity contribution in [3.63, 3.8) is 0 Å². The Bertz CT molecular complexity index is 613. The van der Waals surface area contributed by atoms with E-state index in [9.17, 15) is 4.79 Å². The molecule has 1 aliphatic carbocycles. The van der Waals surface area contributed by atoms with Crippen molar-refractivity contribution in [2.75, 3.05) is 0 Å². The lowest BCUT2D eigenvalue weighted by Crippen LogP contribution is -2.51. The molecule has 1 heterocycles. The van der Waals surface area contributed by atoms with E-state index in [0.29, 0.717) is 6.67 Å². The van der Waals surface area contributed by atoms with E-state index in [1.165, 1.54) is 0 Å². The first kappa shape index (κ1) is 15.8. The SMILES string of the molecule is CC(=O)N(Cn1nc(C)cc1C)C1C(C)=CC=CC1(C)Cl. The fourth-order valence-corrected chi connectivity index (χ4v) is 3.25. The second-order valence-electron chi connectivity index (χ2n) is 5.88. The van der Waals surface area contributed by atoms with Crippen LogP contribution < -0.4 is 0 Å². The van der Waals surface area contributed by atoms with Crippen molar-refractivity contribution < 1.29 is 4.79 Å². The second-order valence-corrected chi connectivity index (χ2v) is 6.69. The number of nitrogens with zero attached hydrogens (tertiary/aromatic N) is 3. The van der Waals surface area contributed by atoms with Gasteiger partial charge in [0.25, 0.3) is 0 Å². The van der Waals surface area contributed by atoms with Crippen molar-refractivity contribution in [3.8, 4) is 0 Å². The monoisotopic (exact) mass is 307 g/mol. The Labute approximate surface area is 131 Å². The number of hydrogen-bond donors (Lipinski definition) is 0. The smallest absolute Gasteiger partial charge is 0.221 e. The van der Waals surface area contributed by atoms with Gasteiger partial charge in [0.15, 0.2) is 0 Å². The van der Waals surface area contributed by atoms with Crippen LogP contribution in [0.25, 0.3) is 0 Å². The zero-order valence-electron chi connectivity index (χ0n) is 13.2. The van der Waals surface area contributed by atoms with Gasteiger partial charge in [-0.05, 0) is 39.3 Å². The first-order valence-corrected chi connectivity index (χ1v) is 7.43. The van der Waals surface area contributed by atoms with Crippen molar-refractivity contribution >= 4 is 17.5 Å². The summed E-state index contributed by atoms with van der Waals surface area (Å²) in [4.78, 5) is 13.3. The molecule has 2 atom stereocenters. The Morgan fingerprint density at radius 1 is 1.48 bits per heavy atom. The van der Waals surface area contributed by atoms with E-state index >= 15 is 0 Å². The molecular weight excluding hydrogens is 286 g/mol. The second kappa shape index (κ2) is 5.68. The summed E-state index contributed by atoms with van der Waals surface area (Å²) in [7, 11) is 0. The van der Waals surface area contributed by atoms with Crippen LogP contribution in [0.3, 0.4) is 0 Å². The number of alkyl halides is 1. The summed E-state index contributed by atoms with van der Waals surface area (Å²) in [5, 5.41) is 4.44. The molecule has 0 aliphatic heterocycles. The molecule has 1 aromatic rings. The summed E-state index contributed by atoms with van der Waals surface area (Å²) >= 11 is 6.63. The molecule has 0 spiro atoms. The number of halogens is 1. The van der Waals surface area contributed by atoms with Crippen molar-refractivity contribution in [2.45, 2.75) is 52.2 Å². The third-order valence-corrected chi connectivity index (χ3v) is 4.19. The summed E-state index contributed by atoms with van der Waals surface area (Å²) in [5.41, 5.74) is 3.05. The predicted molar refractivity (Wildman–Crippen MR) is 85.2 cm³/mol. The van der Waals surface area contributed by atoms with Gasteiger partial charge in [0, 0.05) is 12.6 Å². The van der Waals surface area contributed by atoms with Crippen LogP contribution in [0.15, 0.2) is 29.9 Å². The van der Waals surface area contributed by atoms with Crippen LogP contribution in [0.2, 0.25) is 0 Å². The number of aryl methyl sites for hydroxylation is 2. The van der Waals surface area contributed by atoms with Crippen molar-refractivity contribution in [1.29, 1.82) is 0 Å². The molecule has 0 radical (unpaired) electrons. The quantitative estimate of drug-likeness (QED) is 0.804. The van der Waals surface area contributed by atoms with Crippen LogP contribution in [0.4, 0.5) is 0 Å². The molecule has 114 valence electrons. The number of allylic oxidation sites excluding steroid dienone is 2. The fourth-order valence-electron chi connectivity index (χ4n) is 2.89. The van der Waals surface area contributed by atoms with Crippen LogP contribution in [0.1, 0.15) is 32.2 Å². The number of rotatable bonds is 3. The average molecular weight is 308 g/mol. The van der Waals surface area contributed by atoms with Gasteiger partial charge in [-0.3, -0.25) is 4.79 Å². The largest absolute Gasteiger partial charge is 0.314 e. The van der Waals surface area contributed by atoms with Crippen molar-refractivity contribution in [1.82, 2.24) is 14.7 Å². The van der Waals surface area contributed by atoms with E-state index in [0.717, 1.165) is 17.0 Å². The molecule has 0 saturated heterocycles. The van der Waals surface area contributed by atoms with Crippen LogP contribution in [0.5, 0.6) is 0 Å². The highest BCUT2D eigenvalue weighted by Gasteiger charge is 2.38. The molecule has 21 heavy (non-hydrogen) atoms. The lowest BCUT2D eigenvalue weighted by atomic mass is 9.88. The third kappa shape index (κ3) is 3.21. The zero-order valence-corrected chi connectivity index (χ0v) is 14.0. The molecule has 2 rings (SSSR count). The minimum atomic E-state index is -0.611. The molecule has 1 amide bonds. The maximum absolute atomic E-state index is 12.2. The van der Waals surface area contributed by atoms with Crippen LogP contribution in [-0.4, -0.2) is 31.5 Å². The molecule has 4 nitrogen and oxygen atoms in total. The predicted octanol–water partition coefficient (Wildman–Crippen LogP) is 3.19. The molecule has 0 bridgehead atoms. The minimum absolute atomic E-state index is 0.0116. The van der Waals surface area contributed by atoms with Crippen molar-refractivity contribution in [2.24, 2.45) is 0 Å². The lowest BCUT2D eigenvalue weighted by Gasteiger charge is -2.41. The average Bonchev–Trinajstić information content (AvgIpc) is 2.65. The Balaban J connectivity index is 2.35. The van der Waals surface area contributed by atoms with Gasteiger partial charge in [-0.2, -0.15) is 5.10 Å². The molecule has 1 aliphatic rings. The maximum Gasteiger partial charge on any atom is 0.221 e. The molecule has 2 unspecified atom stereocenters. The van der Waals surface area contributed by atoms with E-state index < -0.39 is 4.87 Å². The highest BCUT2D eigenvalue weighted by Crippen LogP contribution is 2.34. The topological polar surface area (TPSA) is 38.1 Å². The molecule has 0 saturated carbocycles. The van der Waals surface area contributed by atoms with Gasteiger partial charge < -0.3 is 4.90 Å². The normalized spacial score (nSPS) is 24.9. The van der Waals surface area contributed by atoms with Gasteiger partial charge in [0.2, 0.25) is 5.91 Å². The molecule has 5 heteroatoms. The van der Waals surface area contributed by atoms with Gasteiger partial charge in [-0.15, -0.1) is 11.6 Å². The Hall–Kier alpha value is -1.55. The van der Waals surface area contributed by atoms with E-state index in [-0.39, 0.29) is 11.9 Å². The summed E-state index contributed by atoms with van der Waals surface area (Å²) in [6.45, 7) is 9.85. The van der Waals surface area contributed by atoms with Gasteiger partial charge in [-0.25, -0.2) is 4.68 Å². The molecule has 1 aromatic heterocycles. The lowest BCUT2D eigenvalue weighted by molar-refractivity contribution is -0.133.